The molecule has 1 aromatic carbocycles. The summed E-state index contributed by atoms with van der Waals surface area (Å²) in [5.74, 6) is -0.0497. The van der Waals surface area contributed by atoms with Gasteiger partial charge >= 0.3 is 0 Å². The van der Waals surface area contributed by atoms with Crippen molar-refractivity contribution in [3.63, 3.8) is 0 Å². The molecule has 0 radical (unpaired) electrons. The van der Waals surface area contributed by atoms with Gasteiger partial charge in [-0.2, -0.15) is 0 Å². The van der Waals surface area contributed by atoms with E-state index in [-0.39, 0.29) is 23.8 Å². The smallest absolute Gasteiger partial charge is 0.272 e. The minimum atomic E-state index is -0.521. The predicted octanol–water partition coefficient (Wildman–Crippen LogP) is 3.48. The van der Waals surface area contributed by atoms with E-state index in [0.29, 0.717) is 35.0 Å². The van der Waals surface area contributed by atoms with Gasteiger partial charge in [-0.1, -0.05) is 31.7 Å². The molecule has 1 heterocycles. The Morgan fingerprint density at radius 2 is 1.76 bits per heavy atom. The molecular formula is C26H33N5O3. The molecule has 0 aliphatic heterocycles. The van der Waals surface area contributed by atoms with Crippen molar-refractivity contribution in [3.05, 3.63) is 53.9 Å². The van der Waals surface area contributed by atoms with Gasteiger partial charge < -0.3 is 20.9 Å². The lowest BCUT2D eigenvalue weighted by Gasteiger charge is -2.21. The maximum absolute atomic E-state index is 13.1. The van der Waals surface area contributed by atoms with Gasteiger partial charge in [0.15, 0.2) is 0 Å². The topological polar surface area (TPSA) is 103 Å². The highest BCUT2D eigenvalue weighted by molar-refractivity contribution is 5.98. The molecule has 34 heavy (non-hydrogen) atoms. The molecule has 2 saturated carbocycles. The monoisotopic (exact) mass is 463 g/mol. The molecule has 2 aliphatic rings. The Balaban J connectivity index is 1.44. The van der Waals surface area contributed by atoms with E-state index in [4.69, 9.17) is 0 Å². The molecule has 2 aliphatic carbocycles. The van der Waals surface area contributed by atoms with E-state index in [2.05, 4.69) is 20.9 Å². The molecule has 180 valence electrons. The van der Waals surface area contributed by atoms with Crippen LogP contribution in [0, 0.1) is 5.92 Å². The second kappa shape index (κ2) is 10.7. The Bertz CT molecular complexity index is 1040. The molecule has 1 atom stereocenters. The van der Waals surface area contributed by atoms with E-state index >= 15 is 0 Å². The maximum atomic E-state index is 13.1. The summed E-state index contributed by atoms with van der Waals surface area (Å²) in [6, 6.07) is 10.3. The number of carbonyl (C=O) groups is 3. The van der Waals surface area contributed by atoms with Crippen LogP contribution >= 0.6 is 0 Å². The van der Waals surface area contributed by atoms with Gasteiger partial charge in [0.05, 0.1) is 0 Å². The van der Waals surface area contributed by atoms with E-state index in [1.54, 1.807) is 50.6 Å². The molecule has 3 amide bonds. The van der Waals surface area contributed by atoms with E-state index in [9.17, 15) is 14.4 Å². The first-order valence-corrected chi connectivity index (χ1v) is 12.0. The van der Waals surface area contributed by atoms with Crippen LogP contribution in [0.1, 0.15) is 65.8 Å². The molecule has 8 heteroatoms. The van der Waals surface area contributed by atoms with Crippen molar-refractivity contribution in [1.29, 1.82) is 0 Å². The molecular weight excluding hydrogens is 430 g/mol. The number of hydrogen-bond donors (Lipinski definition) is 3. The Labute approximate surface area is 200 Å². The van der Waals surface area contributed by atoms with E-state index in [1.165, 1.54) is 17.7 Å². The summed E-state index contributed by atoms with van der Waals surface area (Å²) in [6.07, 6.45) is 8.91. The van der Waals surface area contributed by atoms with Crippen molar-refractivity contribution >= 4 is 29.1 Å². The number of hydrogen-bond acceptors (Lipinski definition) is 5. The Morgan fingerprint density at radius 1 is 1.03 bits per heavy atom. The van der Waals surface area contributed by atoms with Crippen LogP contribution in [0.15, 0.2) is 42.6 Å². The zero-order chi connectivity index (χ0) is 24.1. The minimum Gasteiger partial charge on any atom is -0.355 e. The number of nitrogens with one attached hydrogen (secondary N) is 3. The van der Waals surface area contributed by atoms with Gasteiger partial charge in [0, 0.05) is 43.3 Å². The van der Waals surface area contributed by atoms with Gasteiger partial charge in [-0.05, 0) is 55.5 Å². The number of nitrogens with zero attached hydrogens (tertiary/aromatic N) is 2. The normalized spacial score (nSPS) is 16.5. The third kappa shape index (κ3) is 6.34. The van der Waals surface area contributed by atoms with Crippen LogP contribution in [0.5, 0.6) is 0 Å². The summed E-state index contributed by atoms with van der Waals surface area (Å²) >= 11 is 0. The third-order valence-electron chi connectivity index (χ3n) is 6.39. The number of benzene rings is 1. The van der Waals surface area contributed by atoms with Crippen molar-refractivity contribution in [2.24, 2.45) is 5.92 Å². The summed E-state index contributed by atoms with van der Waals surface area (Å²) in [6.45, 7) is 0. The maximum Gasteiger partial charge on any atom is 0.272 e. The lowest BCUT2D eigenvalue weighted by molar-refractivity contribution is -0.123. The first-order valence-electron chi connectivity index (χ1n) is 12.0. The second-order valence-corrected chi connectivity index (χ2v) is 9.53. The van der Waals surface area contributed by atoms with Gasteiger partial charge in [0.2, 0.25) is 5.91 Å². The molecule has 2 fully saturated rings. The first kappa shape index (κ1) is 23.7. The van der Waals surface area contributed by atoms with Crippen molar-refractivity contribution in [3.8, 4) is 0 Å². The first-order chi connectivity index (χ1) is 16.4. The zero-order valence-corrected chi connectivity index (χ0v) is 19.8. The highest BCUT2D eigenvalue weighted by atomic mass is 16.2. The fourth-order valence-electron chi connectivity index (χ4n) is 4.34. The van der Waals surface area contributed by atoms with Crippen LogP contribution < -0.4 is 16.0 Å². The summed E-state index contributed by atoms with van der Waals surface area (Å²) in [5, 5.41) is 9.26. The second-order valence-electron chi connectivity index (χ2n) is 9.53. The SMILES string of the molecule is CN(C)C(=O)c1cc(Nc2cccc(C(=O)N[C@@H](CC3CCCC3)C(=O)NC3CC3)c2)ccn1. The molecule has 4 rings (SSSR count). The van der Waals surface area contributed by atoms with Crippen LogP contribution in [0.4, 0.5) is 11.4 Å². The number of carbonyl (C=O) groups excluding carboxylic acids is 3. The highest BCUT2D eigenvalue weighted by Crippen LogP contribution is 2.29. The van der Waals surface area contributed by atoms with E-state index < -0.39 is 6.04 Å². The molecule has 1 aromatic heterocycles. The molecule has 0 unspecified atom stereocenters. The van der Waals surface area contributed by atoms with Crippen LogP contribution in [0.25, 0.3) is 0 Å². The fourth-order valence-corrected chi connectivity index (χ4v) is 4.34. The van der Waals surface area contributed by atoms with Crippen molar-refractivity contribution in [1.82, 2.24) is 20.5 Å². The molecule has 0 spiro atoms. The Morgan fingerprint density at radius 3 is 2.47 bits per heavy atom. The summed E-state index contributed by atoms with van der Waals surface area (Å²) in [4.78, 5) is 43.7. The lowest BCUT2D eigenvalue weighted by Crippen LogP contribution is -2.48. The van der Waals surface area contributed by atoms with Gasteiger partial charge in [0.25, 0.3) is 11.8 Å². The zero-order valence-electron chi connectivity index (χ0n) is 19.8. The van der Waals surface area contributed by atoms with Crippen LogP contribution in [0.3, 0.4) is 0 Å². The standard InChI is InChI=1S/C26H33N5O3/c1-31(2)26(34)23-16-21(12-13-27-23)28-20-9-5-8-18(15-20)24(32)30-22(14-17-6-3-4-7-17)25(33)29-19-10-11-19/h5,8-9,12-13,15-17,19,22H,3-4,6-7,10-11,14H2,1-2H3,(H,27,28)(H,29,33)(H,30,32)/t22-/m0/s1. The lowest BCUT2D eigenvalue weighted by atomic mass is 9.97. The van der Waals surface area contributed by atoms with E-state index in [1.807, 2.05) is 6.07 Å². The van der Waals surface area contributed by atoms with Gasteiger partial charge in [-0.25, -0.2) is 0 Å². The number of rotatable bonds is 9. The quantitative estimate of drug-likeness (QED) is 0.528. The Kier molecular flexibility index (Phi) is 7.45. The van der Waals surface area contributed by atoms with Crippen LogP contribution in [0.2, 0.25) is 0 Å². The number of aromatic nitrogens is 1. The number of pyridine rings is 1. The Hall–Kier alpha value is -3.42. The predicted molar refractivity (Wildman–Crippen MR) is 131 cm³/mol. The van der Waals surface area contributed by atoms with Crippen LogP contribution in [-0.4, -0.2) is 53.8 Å². The van der Waals surface area contributed by atoms with E-state index in [0.717, 1.165) is 25.7 Å². The van der Waals surface area contributed by atoms with Crippen molar-refractivity contribution < 1.29 is 14.4 Å². The van der Waals surface area contributed by atoms with Gasteiger partial charge in [-0.3, -0.25) is 19.4 Å². The van der Waals surface area contributed by atoms with Gasteiger partial charge in [0.1, 0.15) is 11.7 Å². The van der Waals surface area contributed by atoms with Crippen molar-refractivity contribution in [2.75, 3.05) is 19.4 Å². The molecule has 2 aromatic rings. The number of amides is 3. The highest BCUT2D eigenvalue weighted by Gasteiger charge is 2.31. The van der Waals surface area contributed by atoms with Crippen molar-refractivity contribution in [2.45, 2.75) is 57.0 Å². The fraction of sp³-hybridized carbons (Fsp3) is 0.462. The molecule has 0 bridgehead atoms. The van der Waals surface area contributed by atoms with Crippen LogP contribution in [-0.2, 0) is 4.79 Å². The summed E-state index contributed by atoms with van der Waals surface area (Å²) in [7, 11) is 3.36. The summed E-state index contributed by atoms with van der Waals surface area (Å²) in [5.41, 5.74) is 2.21. The largest absolute Gasteiger partial charge is 0.355 e. The number of anilines is 2. The minimum absolute atomic E-state index is 0.0769. The average molecular weight is 464 g/mol. The van der Waals surface area contributed by atoms with Gasteiger partial charge in [-0.15, -0.1) is 0 Å². The summed E-state index contributed by atoms with van der Waals surface area (Å²) < 4.78 is 0. The molecule has 0 saturated heterocycles. The molecule has 8 nitrogen and oxygen atoms in total. The molecule has 3 N–H and O–H groups in total. The average Bonchev–Trinajstić information content (AvgIpc) is 3.49. The third-order valence-corrected chi connectivity index (χ3v) is 6.39.